The number of ether oxygens (including phenoxy) is 4. The molecule has 0 N–H and O–H groups in total. The van der Waals surface area contributed by atoms with E-state index in [9.17, 15) is 4.79 Å². The van der Waals surface area contributed by atoms with E-state index in [4.69, 9.17) is 23.4 Å². The molecule has 6 nitrogen and oxygen atoms in total. The van der Waals surface area contributed by atoms with Crippen molar-refractivity contribution in [1.29, 1.82) is 0 Å². The number of carbonyl (C=O) groups is 1. The van der Waals surface area contributed by atoms with Gasteiger partial charge in [-0.15, -0.1) is 6.58 Å². The quantitative estimate of drug-likeness (QED) is 0.182. The van der Waals surface area contributed by atoms with E-state index in [0.717, 1.165) is 24.4 Å². The minimum absolute atomic E-state index is 0.0887. The Morgan fingerprint density at radius 1 is 1.00 bits per heavy atom. The fourth-order valence-corrected chi connectivity index (χ4v) is 5.50. The Morgan fingerprint density at radius 3 is 1.96 bits per heavy atom. The fourth-order valence-electron chi connectivity index (χ4n) is 2.63. The summed E-state index contributed by atoms with van der Waals surface area (Å²) >= 11 is 0. The highest BCUT2D eigenvalue weighted by atomic mass is 28.4. The summed E-state index contributed by atoms with van der Waals surface area (Å²) in [6.45, 7) is 10.5. The van der Waals surface area contributed by atoms with Crippen molar-refractivity contribution in [2.45, 2.75) is 63.6 Å². The molecule has 0 aliphatic carbocycles. The third-order valence-electron chi connectivity index (χ3n) is 4.35. The van der Waals surface area contributed by atoms with Gasteiger partial charge in [-0.05, 0) is 18.1 Å². The summed E-state index contributed by atoms with van der Waals surface area (Å²) < 4.78 is 28.0. The Hall–Kier alpha value is -0.573. The van der Waals surface area contributed by atoms with Gasteiger partial charge >= 0.3 is 0 Å². The third kappa shape index (κ3) is 7.54. The van der Waals surface area contributed by atoms with E-state index in [2.05, 4.69) is 27.4 Å². The van der Waals surface area contributed by atoms with Crippen LogP contribution in [0.25, 0.3) is 0 Å². The SMILES string of the molecule is C=C[C@@H](OCOC)[C@H](O[Si](CC)(CC)CC)[C@@H](CC=O)OCOC. The second-order valence-electron chi connectivity index (χ2n) is 5.61. The average Bonchev–Trinajstić information content (AvgIpc) is 2.62. The lowest BCUT2D eigenvalue weighted by Gasteiger charge is -2.39. The molecule has 0 aromatic carbocycles. The molecule has 0 saturated heterocycles. The lowest BCUT2D eigenvalue weighted by atomic mass is 10.1. The van der Waals surface area contributed by atoms with Crippen LogP contribution in [0, 0.1) is 0 Å². The summed E-state index contributed by atoms with van der Waals surface area (Å²) in [7, 11) is 1.17. The second kappa shape index (κ2) is 13.7. The molecule has 3 atom stereocenters. The summed E-state index contributed by atoms with van der Waals surface area (Å²) in [6, 6.07) is 2.97. The minimum Gasteiger partial charge on any atom is -0.408 e. The van der Waals surface area contributed by atoms with Gasteiger partial charge in [-0.1, -0.05) is 26.8 Å². The second-order valence-corrected chi connectivity index (χ2v) is 10.3. The topological polar surface area (TPSA) is 63.2 Å². The maximum absolute atomic E-state index is 11.1. The molecular weight excluding hydrogens is 328 g/mol. The number of hydrogen-bond donors (Lipinski definition) is 0. The molecule has 0 radical (unpaired) electrons. The number of methoxy groups -OCH3 is 2. The maximum Gasteiger partial charge on any atom is 0.192 e. The van der Waals surface area contributed by atoms with Crippen LogP contribution in [0.4, 0.5) is 0 Å². The molecule has 0 heterocycles. The van der Waals surface area contributed by atoms with Gasteiger partial charge in [0.15, 0.2) is 8.32 Å². The molecule has 0 aliphatic heterocycles. The lowest BCUT2D eigenvalue weighted by molar-refractivity contribution is -0.155. The van der Waals surface area contributed by atoms with Crippen molar-refractivity contribution in [3.05, 3.63) is 12.7 Å². The first-order valence-electron chi connectivity index (χ1n) is 8.52. The van der Waals surface area contributed by atoms with E-state index in [1.54, 1.807) is 20.3 Å². The Labute approximate surface area is 147 Å². The van der Waals surface area contributed by atoms with Gasteiger partial charge in [0, 0.05) is 20.6 Å². The highest BCUT2D eigenvalue weighted by Gasteiger charge is 2.39. The predicted octanol–water partition coefficient (Wildman–Crippen LogP) is 3.13. The molecule has 0 fully saturated rings. The predicted molar refractivity (Wildman–Crippen MR) is 96.4 cm³/mol. The van der Waals surface area contributed by atoms with E-state index in [-0.39, 0.29) is 20.0 Å². The van der Waals surface area contributed by atoms with Gasteiger partial charge in [0.25, 0.3) is 0 Å². The van der Waals surface area contributed by atoms with Gasteiger partial charge in [-0.3, -0.25) is 0 Å². The van der Waals surface area contributed by atoms with Crippen LogP contribution in [0.3, 0.4) is 0 Å². The van der Waals surface area contributed by atoms with Gasteiger partial charge in [-0.25, -0.2) is 0 Å². The normalized spacial score (nSPS) is 15.7. The Balaban J connectivity index is 5.49. The first kappa shape index (κ1) is 23.4. The zero-order valence-corrected chi connectivity index (χ0v) is 16.8. The van der Waals surface area contributed by atoms with Crippen molar-refractivity contribution in [2.75, 3.05) is 27.8 Å². The van der Waals surface area contributed by atoms with Crippen molar-refractivity contribution in [3.63, 3.8) is 0 Å². The van der Waals surface area contributed by atoms with Gasteiger partial charge in [0.05, 0.1) is 6.10 Å². The molecule has 0 spiro atoms. The van der Waals surface area contributed by atoms with E-state index >= 15 is 0 Å². The fraction of sp³-hybridized carbons (Fsp3) is 0.824. The van der Waals surface area contributed by atoms with E-state index in [1.165, 1.54) is 0 Å². The van der Waals surface area contributed by atoms with Crippen molar-refractivity contribution >= 4 is 14.6 Å². The molecule has 0 unspecified atom stereocenters. The zero-order chi connectivity index (χ0) is 18.4. The van der Waals surface area contributed by atoms with Crippen LogP contribution in [0.2, 0.25) is 18.1 Å². The summed E-state index contributed by atoms with van der Waals surface area (Å²) in [5.74, 6) is 0. The van der Waals surface area contributed by atoms with Crippen molar-refractivity contribution in [2.24, 2.45) is 0 Å². The van der Waals surface area contributed by atoms with E-state index in [0.29, 0.717) is 0 Å². The largest absolute Gasteiger partial charge is 0.408 e. The molecule has 0 amide bonds. The van der Waals surface area contributed by atoms with E-state index in [1.807, 2.05) is 0 Å². The molecule has 0 aliphatic rings. The molecule has 0 saturated carbocycles. The summed E-state index contributed by atoms with van der Waals surface area (Å²) in [6.07, 6.45) is 1.40. The van der Waals surface area contributed by atoms with Crippen LogP contribution >= 0.6 is 0 Å². The summed E-state index contributed by atoms with van der Waals surface area (Å²) in [5.41, 5.74) is 0. The number of hydrogen-bond acceptors (Lipinski definition) is 6. The summed E-state index contributed by atoms with van der Waals surface area (Å²) in [5, 5.41) is 0. The monoisotopic (exact) mass is 362 g/mol. The van der Waals surface area contributed by atoms with Gasteiger partial charge in [-0.2, -0.15) is 0 Å². The van der Waals surface area contributed by atoms with Gasteiger partial charge in [0.2, 0.25) is 0 Å². The molecule has 0 aromatic rings. The van der Waals surface area contributed by atoms with Crippen molar-refractivity contribution in [3.8, 4) is 0 Å². The van der Waals surface area contributed by atoms with Crippen LogP contribution in [-0.4, -0.2) is 60.7 Å². The standard InChI is InChI=1S/C17H34O6Si/c1-7-15(21-13-19-5)17(16(11-12-18)22-14-20-6)23-24(8-2,9-3)10-4/h7,12,15-17H,1,8-11,13-14H2,2-6H3/t15-,16-,17+/m1/s1. The zero-order valence-electron chi connectivity index (χ0n) is 15.8. The molecule has 142 valence electrons. The molecule has 7 heteroatoms. The number of carbonyl (C=O) groups excluding carboxylic acids is 1. The van der Waals surface area contributed by atoms with E-state index < -0.39 is 26.6 Å². The Morgan fingerprint density at radius 2 is 1.54 bits per heavy atom. The van der Waals surface area contributed by atoms with Crippen LogP contribution in [0.1, 0.15) is 27.2 Å². The van der Waals surface area contributed by atoms with Crippen LogP contribution in [-0.2, 0) is 28.2 Å². The van der Waals surface area contributed by atoms with Crippen LogP contribution < -0.4 is 0 Å². The average molecular weight is 363 g/mol. The molecular formula is C17H34O6Si. The highest BCUT2D eigenvalue weighted by molar-refractivity contribution is 6.73. The van der Waals surface area contributed by atoms with Crippen LogP contribution in [0.5, 0.6) is 0 Å². The summed E-state index contributed by atoms with van der Waals surface area (Å²) in [4.78, 5) is 11.1. The van der Waals surface area contributed by atoms with Crippen molar-refractivity contribution in [1.82, 2.24) is 0 Å². The van der Waals surface area contributed by atoms with Crippen molar-refractivity contribution < 1.29 is 28.2 Å². The van der Waals surface area contributed by atoms with Gasteiger partial charge < -0.3 is 28.2 Å². The molecule has 0 bridgehead atoms. The first-order valence-corrected chi connectivity index (χ1v) is 11.1. The third-order valence-corrected chi connectivity index (χ3v) is 8.99. The number of aldehydes is 1. The van der Waals surface area contributed by atoms with Crippen LogP contribution in [0.15, 0.2) is 12.7 Å². The number of rotatable bonds is 16. The maximum atomic E-state index is 11.1. The lowest BCUT2D eigenvalue weighted by Crippen LogP contribution is -2.50. The first-order chi connectivity index (χ1) is 11.6. The highest BCUT2D eigenvalue weighted by Crippen LogP contribution is 2.28. The molecule has 24 heavy (non-hydrogen) atoms. The molecule has 0 aromatic heterocycles. The minimum atomic E-state index is -1.94. The smallest absolute Gasteiger partial charge is 0.192 e. The Bertz CT molecular complexity index is 327. The van der Waals surface area contributed by atoms with Gasteiger partial charge in [0.1, 0.15) is 32.1 Å². The molecule has 0 rings (SSSR count). The Kier molecular flexibility index (Phi) is 13.4.